The van der Waals surface area contributed by atoms with Crippen LogP contribution in [-0.2, 0) is 20.7 Å². The van der Waals surface area contributed by atoms with Gasteiger partial charge in [0.1, 0.15) is 10.8 Å². The van der Waals surface area contributed by atoms with Crippen LogP contribution in [0.5, 0.6) is 5.75 Å². The van der Waals surface area contributed by atoms with Gasteiger partial charge in [0, 0.05) is 10.9 Å². The zero-order valence-corrected chi connectivity index (χ0v) is 17.3. The van der Waals surface area contributed by atoms with Gasteiger partial charge in [-0.2, -0.15) is 0 Å². The molecule has 3 rings (SSSR count). The van der Waals surface area contributed by atoms with Crippen molar-refractivity contribution in [2.24, 2.45) is 0 Å². The van der Waals surface area contributed by atoms with Crippen LogP contribution >= 0.6 is 11.3 Å². The zero-order chi connectivity index (χ0) is 20.8. The fraction of sp³-hybridized carbons (Fsp3) is 0.227. The van der Waals surface area contributed by atoms with Gasteiger partial charge >= 0.3 is 5.97 Å². The quantitative estimate of drug-likeness (QED) is 0.590. The van der Waals surface area contributed by atoms with Crippen molar-refractivity contribution in [2.45, 2.75) is 26.4 Å². The van der Waals surface area contributed by atoms with E-state index in [1.807, 2.05) is 36.6 Å². The average molecular weight is 410 g/mol. The standard InChI is InChI=1S/C22H22N2O4S/c1-14-7-6-8-16(11-14)22-23-17(13-29-22)12-20(25)28-15(2)21(26)24-18-9-4-5-10-19(18)27-3/h4-11,13,15H,12H2,1-3H3,(H,24,26)/t15-/m0/s1. The smallest absolute Gasteiger partial charge is 0.312 e. The number of thiazole rings is 1. The summed E-state index contributed by atoms with van der Waals surface area (Å²) in [6.45, 7) is 3.55. The minimum Gasteiger partial charge on any atom is -0.495 e. The molecule has 0 spiro atoms. The third-order valence-electron chi connectivity index (χ3n) is 4.18. The Labute approximate surface area is 173 Å². The first kappa shape index (κ1) is 20.5. The Kier molecular flexibility index (Phi) is 6.61. The van der Waals surface area contributed by atoms with Gasteiger partial charge in [0.05, 0.1) is 24.9 Å². The average Bonchev–Trinajstić information content (AvgIpc) is 3.16. The number of ether oxygens (including phenoxy) is 2. The Bertz CT molecular complexity index is 1020. The van der Waals surface area contributed by atoms with Gasteiger partial charge in [0.25, 0.3) is 5.91 Å². The molecule has 1 atom stereocenters. The maximum Gasteiger partial charge on any atom is 0.312 e. The highest BCUT2D eigenvalue weighted by Gasteiger charge is 2.20. The van der Waals surface area contributed by atoms with E-state index in [2.05, 4.69) is 10.3 Å². The number of amides is 1. The number of rotatable bonds is 7. The molecule has 1 amide bonds. The van der Waals surface area contributed by atoms with Gasteiger partial charge in [-0.1, -0.05) is 35.9 Å². The van der Waals surface area contributed by atoms with Crippen LogP contribution in [0.25, 0.3) is 10.6 Å². The van der Waals surface area contributed by atoms with Crippen LogP contribution in [0, 0.1) is 6.92 Å². The van der Waals surface area contributed by atoms with Crippen molar-refractivity contribution in [2.75, 3.05) is 12.4 Å². The van der Waals surface area contributed by atoms with Crippen molar-refractivity contribution >= 4 is 28.9 Å². The van der Waals surface area contributed by atoms with Gasteiger partial charge in [-0.15, -0.1) is 11.3 Å². The molecule has 0 saturated heterocycles. The first-order valence-electron chi connectivity index (χ1n) is 9.11. The molecule has 0 aliphatic carbocycles. The zero-order valence-electron chi connectivity index (χ0n) is 16.5. The number of nitrogens with one attached hydrogen (secondary N) is 1. The van der Waals surface area contributed by atoms with E-state index in [9.17, 15) is 9.59 Å². The highest BCUT2D eigenvalue weighted by Crippen LogP contribution is 2.25. The summed E-state index contributed by atoms with van der Waals surface area (Å²) in [5.74, 6) is -0.402. The number of para-hydroxylation sites is 2. The second-order valence-electron chi connectivity index (χ2n) is 6.51. The maximum absolute atomic E-state index is 12.3. The molecule has 2 aromatic carbocycles. The molecule has 150 valence electrons. The number of esters is 1. The van der Waals surface area contributed by atoms with Crippen molar-refractivity contribution in [3.63, 3.8) is 0 Å². The highest BCUT2D eigenvalue weighted by atomic mass is 32.1. The van der Waals surface area contributed by atoms with Gasteiger partial charge < -0.3 is 14.8 Å². The number of anilines is 1. The van der Waals surface area contributed by atoms with Crippen LogP contribution in [0.2, 0.25) is 0 Å². The van der Waals surface area contributed by atoms with Crippen LogP contribution in [-0.4, -0.2) is 30.1 Å². The minimum atomic E-state index is -0.942. The number of carbonyl (C=O) groups is 2. The Morgan fingerprint density at radius 2 is 1.97 bits per heavy atom. The first-order valence-corrected chi connectivity index (χ1v) is 9.99. The van der Waals surface area contributed by atoms with Gasteiger partial charge in [-0.05, 0) is 32.0 Å². The summed E-state index contributed by atoms with van der Waals surface area (Å²) >= 11 is 1.47. The van der Waals surface area contributed by atoms with Crippen LogP contribution in [0.3, 0.4) is 0 Å². The lowest BCUT2D eigenvalue weighted by Crippen LogP contribution is -2.30. The van der Waals surface area contributed by atoms with Gasteiger partial charge in [-0.25, -0.2) is 4.98 Å². The number of carbonyl (C=O) groups excluding carboxylic acids is 2. The van der Waals surface area contributed by atoms with Crippen LogP contribution in [0.4, 0.5) is 5.69 Å². The summed E-state index contributed by atoms with van der Waals surface area (Å²) in [5, 5.41) is 5.38. The third-order valence-corrected chi connectivity index (χ3v) is 5.12. The summed E-state index contributed by atoms with van der Waals surface area (Å²) in [5.41, 5.74) is 3.30. The monoisotopic (exact) mass is 410 g/mol. The van der Waals surface area contributed by atoms with E-state index in [1.165, 1.54) is 25.4 Å². The molecule has 1 N–H and O–H groups in total. The van der Waals surface area contributed by atoms with Crippen molar-refractivity contribution in [3.8, 4) is 16.3 Å². The molecule has 6 nitrogen and oxygen atoms in total. The predicted molar refractivity (Wildman–Crippen MR) is 113 cm³/mol. The first-order chi connectivity index (χ1) is 14.0. The number of benzene rings is 2. The van der Waals surface area contributed by atoms with Crippen molar-refractivity contribution < 1.29 is 19.1 Å². The van der Waals surface area contributed by atoms with E-state index in [1.54, 1.807) is 24.3 Å². The fourth-order valence-electron chi connectivity index (χ4n) is 2.72. The van der Waals surface area contributed by atoms with E-state index in [-0.39, 0.29) is 6.42 Å². The Morgan fingerprint density at radius 1 is 1.17 bits per heavy atom. The molecule has 0 aliphatic rings. The van der Waals surface area contributed by atoms with E-state index >= 15 is 0 Å². The van der Waals surface area contributed by atoms with Gasteiger partial charge in [0.15, 0.2) is 6.10 Å². The number of hydrogen-bond acceptors (Lipinski definition) is 6. The lowest BCUT2D eigenvalue weighted by molar-refractivity contribution is -0.152. The van der Waals surface area contributed by atoms with Crippen molar-refractivity contribution in [1.29, 1.82) is 0 Å². The molecule has 0 saturated carbocycles. The van der Waals surface area contributed by atoms with E-state index in [0.29, 0.717) is 17.1 Å². The molecule has 0 fully saturated rings. The van der Waals surface area contributed by atoms with Crippen LogP contribution in [0.15, 0.2) is 53.9 Å². The van der Waals surface area contributed by atoms with Crippen LogP contribution < -0.4 is 10.1 Å². The Balaban J connectivity index is 1.57. The number of nitrogens with zero attached hydrogens (tertiary/aromatic N) is 1. The molecule has 0 aliphatic heterocycles. The van der Waals surface area contributed by atoms with Gasteiger partial charge in [0.2, 0.25) is 0 Å². The van der Waals surface area contributed by atoms with E-state index < -0.39 is 18.0 Å². The molecule has 1 heterocycles. The number of aryl methyl sites for hydroxylation is 1. The second kappa shape index (κ2) is 9.34. The summed E-state index contributed by atoms with van der Waals surface area (Å²) in [6.07, 6.45) is -0.934. The molecular formula is C22H22N2O4S. The molecule has 1 aromatic heterocycles. The fourth-order valence-corrected chi connectivity index (χ4v) is 3.54. The summed E-state index contributed by atoms with van der Waals surface area (Å²) in [7, 11) is 1.52. The summed E-state index contributed by atoms with van der Waals surface area (Å²) < 4.78 is 10.5. The topological polar surface area (TPSA) is 77.5 Å². The lowest BCUT2D eigenvalue weighted by atomic mass is 10.1. The molecule has 0 radical (unpaired) electrons. The second-order valence-corrected chi connectivity index (χ2v) is 7.37. The molecule has 29 heavy (non-hydrogen) atoms. The van der Waals surface area contributed by atoms with Crippen molar-refractivity contribution in [3.05, 3.63) is 65.2 Å². The SMILES string of the molecule is COc1ccccc1NC(=O)[C@H](C)OC(=O)Cc1csc(-c2cccc(C)c2)n1. The molecule has 0 bridgehead atoms. The number of aromatic nitrogens is 1. The lowest BCUT2D eigenvalue weighted by Gasteiger charge is -2.14. The highest BCUT2D eigenvalue weighted by molar-refractivity contribution is 7.13. The summed E-state index contributed by atoms with van der Waals surface area (Å²) in [6, 6.07) is 15.1. The van der Waals surface area contributed by atoms with E-state index in [4.69, 9.17) is 9.47 Å². The molecule has 7 heteroatoms. The number of hydrogen-bond donors (Lipinski definition) is 1. The molecule has 0 unspecified atom stereocenters. The molecular weight excluding hydrogens is 388 g/mol. The predicted octanol–water partition coefficient (Wildman–Crippen LogP) is 4.24. The third kappa shape index (κ3) is 5.42. The molecule has 3 aromatic rings. The maximum atomic E-state index is 12.3. The largest absolute Gasteiger partial charge is 0.495 e. The minimum absolute atomic E-state index is 0.00853. The Morgan fingerprint density at radius 3 is 2.72 bits per heavy atom. The summed E-state index contributed by atoms with van der Waals surface area (Å²) in [4.78, 5) is 29.1. The van der Waals surface area contributed by atoms with Crippen molar-refractivity contribution in [1.82, 2.24) is 4.98 Å². The number of methoxy groups -OCH3 is 1. The van der Waals surface area contributed by atoms with Crippen LogP contribution in [0.1, 0.15) is 18.2 Å². The van der Waals surface area contributed by atoms with Gasteiger partial charge in [-0.3, -0.25) is 9.59 Å². The Hall–Kier alpha value is -3.19. The van der Waals surface area contributed by atoms with E-state index in [0.717, 1.165) is 16.1 Å². The normalized spacial score (nSPS) is 11.6.